The zero-order valence-corrected chi connectivity index (χ0v) is 14.6. The van der Waals surface area contributed by atoms with Crippen molar-refractivity contribution >= 4 is 40.8 Å². The molecule has 0 bridgehead atoms. The van der Waals surface area contributed by atoms with Gasteiger partial charge in [0, 0.05) is 0 Å². The summed E-state index contributed by atoms with van der Waals surface area (Å²) in [7, 11) is 0. The summed E-state index contributed by atoms with van der Waals surface area (Å²) >= 11 is 17.5. The first-order valence-electron chi connectivity index (χ1n) is 6.89. The monoisotopic (exact) mass is 362 g/mol. The van der Waals surface area contributed by atoms with Gasteiger partial charge in [0.1, 0.15) is 18.1 Å². The Kier molecular flexibility index (Phi) is 5.06. The second-order valence-electron chi connectivity index (χ2n) is 6.08. The van der Waals surface area contributed by atoms with Gasteiger partial charge >= 0.3 is 5.97 Å². The van der Waals surface area contributed by atoms with Crippen LogP contribution < -0.4 is 0 Å². The maximum absolute atomic E-state index is 12.2. The standard InChI is InChI=1S/C16H17Cl3O3/c1-4-5-10-6-7-11(22-10)9-21-14(20)13-12(15(13,2)3)8-16(17,18)19/h1,6-7,12-13H,5,8-9H2,2-3H3. The third kappa shape index (κ3) is 4.13. The van der Waals surface area contributed by atoms with Gasteiger partial charge in [0.25, 0.3) is 0 Å². The molecule has 0 radical (unpaired) electrons. The first-order valence-corrected chi connectivity index (χ1v) is 8.03. The van der Waals surface area contributed by atoms with Crippen LogP contribution in [-0.4, -0.2) is 9.76 Å². The summed E-state index contributed by atoms with van der Waals surface area (Å²) in [5.41, 5.74) is -0.223. The number of esters is 1. The predicted octanol–water partition coefficient (Wildman–Crippen LogP) is 4.53. The van der Waals surface area contributed by atoms with Gasteiger partial charge in [-0.05, 0) is 29.9 Å². The highest BCUT2D eigenvalue weighted by molar-refractivity contribution is 6.67. The van der Waals surface area contributed by atoms with Gasteiger partial charge in [0.15, 0.2) is 3.79 Å². The minimum absolute atomic E-state index is 0.00102. The number of furan rings is 1. The molecule has 1 heterocycles. The van der Waals surface area contributed by atoms with Gasteiger partial charge in [-0.25, -0.2) is 0 Å². The number of hydrogen-bond acceptors (Lipinski definition) is 3. The molecule has 0 amide bonds. The molecule has 0 N–H and O–H groups in total. The van der Waals surface area contributed by atoms with Crippen molar-refractivity contribution in [2.24, 2.45) is 17.3 Å². The number of halogens is 3. The van der Waals surface area contributed by atoms with Gasteiger partial charge in [-0.3, -0.25) is 4.79 Å². The molecule has 120 valence electrons. The zero-order valence-electron chi connectivity index (χ0n) is 12.4. The third-order valence-electron chi connectivity index (χ3n) is 4.11. The van der Waals surface area contributed by atoms with Gasteiger partial charge in [-0.2, -0.15) is 0 Å². The smallest absolute Gasteiger partial charge is 0.310 e. The number of rotatable bonds is 5. The van der Waals surface area contributed by atoms with Crippen molar-refractivity contribution in [1.29, 1.82) is 0 Å². The first-order chi connectivity index (χ1) is 10.1. The minimum atomic E-state index is -1.36. The molecule has 2 unspecified atom stereocenters. The molecule has 1 aliphatic rings. The molecular formula is C16H17Cl3O3. The fraction of sp³-hybridized carbons (Fsp3) is 0.562. The molecule has 0 spiro atoms. The van der Waals surface area contributed by atoms with Gasteiger partial charge in [0.05, 0.1) is 12.3 Å². The summed E-state index contributed by atoms with van der Waals surface area (Å²) in [6.45, 7) is 4.02. The lowest BCUT2D eigenvalue weighted by Gasteiger charge is -2.10. The summed E-state index contributed by atoms with van der Waals surface area (Å²) < 4.78 is 9.40. The van der Waals surface area contributed by atoms with E-state index < -0.39 is 3.79 Å². The Balaban J connectivity index is 1.88. The Labute approximate surface area is 145 Å². The number of alkyl halides is 3. The van der Waals surface area contributed by atoms with Crippen molar-refractivity contribution in [1.82, 2.24) is 0 Å². The van der Waals surface area contributed by atoms with Crippen LogP contribution in [0, 0.1) is 29.6 Å². The minimum Gasteiger partial charge on any atom is -0.461 e. The van der Waals surface area contributed by atoms with E-state index in [1.807, 2.05) is 13.8 Å². The first kappa shape index (κ1) is 17.5. The van der Waals surface area contributed by atoms with E-state index in [0.717, 1.165) is 0 Å². The lowest BCUT2D eigenvalue weighted by Crippen LogP contribution is -2.11. The second-order valence-corrected chi connectivity index (χ2v) is 8.60. The van der Waals surface area contributed by atoms with Crippen LogP contribution in [-0.2, 0) is 22.6 Å². The van der Waals surface area contributed by atoms with Crippen LogP contribution in [0.5, 0.6) is 0 Å². The van der Waals surface area contributed by atoms with E-state index in [4.69, 9.17) is 50.4 Å². The lowest BCUT2D eigenvalue weighted by atomic mass is 10.1. The molecule has 0 aliphatic heterocycles. The highest BCUT2D eigenvalue weighted by Crippen LogP contribution is 2.63. The summed E-state index contributed by atoms with van der Waals surface area (Å²) in [6.07, 6.45) is 5.95. The van der Waals surface area contributed by atoms with E-state index >= 15 is 0 Å². The fourth-order valence-corrected chi connectivity index (χ4v) is 3.27. The molecule has 2 atom stereocenters. The molecule has 0 aromatic carbocycles. The van der Waals surface area contributed by atoms with E-state index in [-0.39, 0.29) is 29.8 Å². The third-order valence-corrected chi connectivity index (χ3v) is 4.57. The number of carbonyl (C=O) groups excluding carboxylic acids is 1. The average Bonchev–Trinajstić information content (AvgIpc) is 2.74. The van der Waals surface area contributed by atoms with E-state index in [1.54, 1.807) is 12.1 Å². The number of carbonyl (C=O) groups is 1. The molecule has 1 fully saturated rings. The Morgan fingerprint density at radius 3 is 2.64 bits per heavy atom. The summed E-state index contributed by atoms with van der Waals surface area (Å²) in [4.78, 5) is 12.2. The normalized spacial score (nSPS) is 22.9. The molecule has 6 heteroatoms. The lowest BCUT2D eigenvalue weighted by molar-refractivity contribution is -0.148. The average molecular weight is 364 g/mol. The summed E-state index contributed by atoms with van der Waals surface area (Å²) in [6, 6.07) is 3.52. The Bertz CT molecular complexity index is 593. The van der Waals surface area contributed by atoms with Crippen molar-refractivity contribution in [3.05, 3.63) is 23.7 Å². The zero-order chi connectivity index (χ0) is 16.5. The maximum atomic E-state index is 12.2. The molecule has 3 nitrogen and oxygen atoms in total. The van der Waals surface area contributed by atoms with Crippen LogP contribution in [0.1, 0.15) is 31.8 Å². The van der Waals surface area contributed by atoms with Gasteiger partial charge in [-0.1, -0.05) is 54.6 Å². The van der Waals surface area contributed by atoms with Crippen LogP contribution in [0.2, 0.25) is 0 Å². The summed E-state index contributed by atoms with van der Waals surface area (Å²) in [5.74, 6) is 3.18. The number of ether oxygens (including phenoxy) is 1. The molecule has 1 aliphatic carbocycles. The maximum Gasteiger partial charge on any atom is 0.310 e. The SMILES string of the molecule is C#CCc1ccc(COC(=O)C2C(CC(Cl)(Cl)Cl)C2(C)C)o1. The molecule has 1 saturated carbocycles. The van der Waals surface area contributed by atoms with Crippen LogP contribution in [0.25, 0.3) is 0 Å². The van der Waals surface area contributed by atoms with Crippen LogP contribution in [0.4, 0.5) is 0 Å². The highest BCUT2D eigenvalue weighted by atomic mass is 35.6. The van der Waals surface area contributed by atoms with E-state index in [9.17, 15) is 4.79 Å². The molecule has 2 rings (SSSR count). The predicted molar refractivity (Wildman–Crippen MR) is 86.7 cm³/mol. The van der Waals surface area contributed by atoms with Crippen molar-refractivity contribution in [3.8, 4) is 12.3 Å². The van der Waals surface area contributed by atoms with Gasteiger partial charge < -0.3 is 9.15 Å². The second kappa shape index (κ2) is 6.35. The van der Waals surface area contributed by atoms with Crippen molar-refractivity contribution < 1.29 is 13.9 Å². The van der Waals surface area contributed by atoms with Crippen LogP contribution >= 0.6 is 34.8 Å². The molecule has 0 saturated heterocycles. The van der Waals surface area contributed by atoms with Crippen molar-refractivity contribution in [2.75, 3.05) is 0 Å². The van der Waals surface area contributed by atoms with Crippen LogP contribution in [0.15, 0.2) is 16.5 Å². The van der Waals surface area contributed by atoms with E-state index in [0.29, 0.717) is 24.4 Å². The Morgan fingerprint density at radius 1 is 1.41 bits per heavy atom. The fourth-order valence-electron chi connectivity index (χ4n) is 2.77. The van der Waals surface area contributed by atoms with E-state index in [1.165, 1.54) is 0 Å². The Morgan fingerprint density at radius 2 is 2.05 bits per heavy atom. The Hall–Kier alpha value is -0.820. The molecule has 1 aromatic rings. The molecule has 22 heavy (non-hydrogen) atoms. The van der Waals surface area contributed by atoms with Gasteiger partial charge in [-0.15, -0.1) is 6.42 Å². The number of hydrogen-bond donors (Lipinski definition) is 0. The van der Waals surface area contributed by atoms with Crippen molar-refractivity contribution in [2.45, 2.75) is 37.1 Å². The van der Waals surface area contributed by atoms with Crippen molar-refractivity contribution in [3.63, 3.8) is 0 Å². The van der Waals surface area contributed by atoms with Gasteiger partial charge in [0.2, 0.25) is 0 Å². The van der Waals surface area contributed by atoms with E-state index in [2.05, 4.69) is 5.92 Å². The largest absolute Gasteiger partial charge is 0.461 e. The number of terminal acetylenes is 1. The summed E-state index contributed by atoms with van der Waals surface area (Å²) in [5, 5.41) is 0. The highest BCUT2D eigenvalue weighted by Gasteiger charge is 2.63. The quantitative estimate of drug-likeness (QED) is 0.438. The molecule has 1 aromatic heterocycles. The molecular weight excluding hydrogens is 347 g/mol. The topological polar surface area (TPSA) is 39.4 Å². The van der Waals surface area contributed by atoms with Crippen LogP contribution in [0.3, 0.4) is 0 Å².